The fourth-order valence-electron chi connectivity index (χ4n) is 2.45. The van der Waals surface area contributed by atoms with Crippen LogP contribution in [0.15, 0.2) is 12.3 Å². The van der Waals surface area contributed by atoms with Gasteiger partial charge in [0, 0.05) is 43.3 Å². The number of hydrogen-bond acceptors (Lipinski definition) is 3. The molecule has 1 aliphatic heterocycles. The van der Waals surface area contributed by atoms with Crippen LogP contribution in [-0.4, -0.2) is 43.1 Å². The molecule has 4 heteroatoms. The van der Waals surface area contributed by atoms with Gasteiger partial charge in [0.05, 0.1) is 5.88 Å². The number of hydrogen-bond donors (Lipinski definition) is 0. The molecule has 0 unspecified atom stereocenters. The summed E-state index contributed by atoms with van der Waals surface area (Å²) in [5, 5.41) is 0. The summed E-state index contributed by atoms with van der Waals surface area (Å²) in [6.45, 7) is 6.72. The van der Waals surface area contributed by atoms with E-state index in [1.807, 2.05) is 13.1 Å². The van der Waals surface area contributed by atoms with Gasteiger partial charge in [-0.2, -0.15) is 0 Å². The maximum Gasteiger partial charge on any atom is 0.0509 e. The molecule has 1 aliphatic rings. The molecule has 0 bridgehead atoms. The molecule has 0 amide bonds. The number of halogens is 1. The Balaban J connectivity index is 1.98. The second-order valence-electron chi connectivity index (χ2n) is 5.06. The van der Waals surface area contributed by atoms with Gasteiger partial charge >= 0.3 is 0 Å². The van der Waals surface area contributed by atoms with Gasteiger partial charge in [0.2, 0.25) is 0 Å². The van der Waals surface area contributed by atoms with Gasteiger partial charge in [-0.05, 0) is 38.9 Å². The highest BCUT2D eigenvalue weighted by Crippen LogP contribution is 2.21. The lowest BCUT2D eigenvalue weighted by atomic mass is 10.2. The Kier molecular flexibility index (Phi) is 4.84. The zero-order valence-corrected chi connectivity index (χ0v) is 12.1. The molecule has 3 nitrogen and oxygen atoms in total. The average Bonchev–Trinajstić information content (AvgIpc) is 2.89. The number of aromatic nitrogens is 1. The summed E-state index contributed by atoms with van der Waals surface area (Å²) in [6.07, 6.45) is 4.60. The number of nitrogens with zero attached hydrogens (tertiary/aromatic N) is 3. The number of pyridine rings is 1. The average molecular weight is 268 g/mol. The van der Waals surface area contributed by atoms with Gasteiger partial charge in [-0.15, -0.1) is 11.6 Å². The highest BCUT2D eigenvalue weighted by atomic mass is 35.5. The predicted octanol–water partition coefficient (Wildman–Crippen LogP) is 2.66. The summed E-state index contributed by atoms with van der Waals surface area (Å²) in [7, 11) is 2.14. The van der Waals surface area contributed by atoms with Gasteiger partial charge in [0.1, 0.15) is 0 Å². The van der Waals surface area contributed by atoms with Crippen LogP contribution in [0.25, 0.3) is 0 Å². The molecule has 1 fully saturated rings. The van der Waals surface area contributed by atoms with Crippen LogP contribution in [-0.2, 0) is 5.88 Å². The quantitative estimate of drug-likeness (QED) is 0.765. The zero-order valence-electron chi connectivity index (χ0n) is 11.3. The van der Waals surface area contributed by atoms with E-state index < -0.39 is 0 Å². The Morgan fingerprint density at radius 3 is 2.78 bits per heavy atom. The lowest BCUT2D eigenvalue weighted by Gasteiger charge is -2.25. The summed E-state index contributed by atoms with van der Waals surface area (Å²) >= 11 is 5.98. The normalized spacial score (nSPS) is 16.2. The molecular formula is C14H22ClN3. The maximum absolute atomic E-state index is 5.98. The molecule has 1 aromatic heterocycles. The highest BCUT2D eigenvalue weighted by molar-refractivity contribution is 6.17. The fraction of sp³-hybridized carbons (Fsp3) is 0.643. The third-order valence-electron chi connectivity index (χ3n) is 3.60. The summed E-state index contributed by atoms with van der Waals surface area (Å²) in [4.78, 5) is 9.14. The molecule has 0 atom stereocenters. The monoisotopic (exact) mass is 267 g/mol. The van der Waals surface area contributed by atoms with Crippen LogP contribution >= 0.6 is 11.6 Å². The molecule has 0 aliphatic carbocycles. The molecule has 2 rings (SSSR count). The number of anilines is 1. The van der Waals surface area contributed by atoms with Gasteiger partial charge in [-0.25, -0.2) is 0 Å². The summed E-state index contributed by atoms with van der Waals surface area (Å²) < 4.78 is 0. The van der Waals surface area contributed by atoms with E-state index in [0.29, 0.717) is 5.88 Å². The SMILES string of the molecule is Cc1cc(N(C)CCN2CCCC2)c(CCl)cn1. The summed E-state index contributed by atoms with van der Waals surface area (Å²) in [5.74, 6) is 0.524. The lowest BCUT2D eigenvalue weighted by molar-refractivity contribution is 0.346. The van der Waals surface area contributed by atoms with Crippen molar-refractivity contribution in [3.63, 3.8) is 0 Å². The second-order valence-corrected chi connectivity index (χ2v) is 5.33. The molecule has 1 aromatic rings. The number of likely N-dealkylation sites (N-methyl/N-ethyl adjacent to an activating group) is 1. The van der Waals surface area contributed by atoms with Crippen LogP contribution in [0, 0.1) is 6.92 Å². The Labute approximate surface area is 115 Å². The first-order valence-corrected chi connectivity index (χ1v) is 7.19. The van der Waals surface area contributed by atoms with Gasteiger partial charge in [0.25, 0.3) is 0 Å². The number of rotatable bonds is 5. The van der Waals surface area contributed by atoms with E-state index in [1.165, 1.54) is 31.6 Å². The fourth-order valence-corrected chi connectivity index (χ4v) is 2.66. The van der Waals surface area contributed by atoms with E-state index in [4.69, 9.17) is 11.6 Å². The van der Waals surface area contributed by atoms with Crippen molar-refractivity contribution in [2.75, 3.05) is 38.1 Å². The van der Waals surface area contributed by atoms with Crippen molar-refractivity contribution in [2.24, 2.45) is 0 Å². The van der Waals surface area contributed by atoms with Gasteiger partial charge in [-0.3, -0.25) is 4.98 Å². The molecule has 0 N–H and O–H groups in total. The summed E-state index contributed by atoms with van der Waals surface area (Å²) in [5.41, 5.74) is 3.38. The van der Waals surface area contributed by atoms with Crippen molar-refractivity contribution < 1.29 is 0 Å². The highest BCUT2D eigenvalue weighted by Gasteiger charge is 2.13. The lowest BCUT2D eigenvalue weighted by Crippen LogP contribution is -2.31. The van der Waals surface area contributed by atoms with E-state index in [0.717, 1.165) is 24.3 Å². The largest absolute Gasteiger partial charge is 0.373 e. The Hall–Kier alpha value is -0.800. The molecule has 0 spiro atoms. The van der Waals surface area contributed by atoms with Gasteiger partial charge in [0.15, 0.2) is 0 Å². The van der Waals surface area contributed by atoms with Crippen molar-refractivity contribution >= 4 is 17.3 Å². The van der Waals surface area contributed by atoms with E-state index in [9.17, 15) is 0 Å². The van der Waals surface area contributed by atoms with E-state index in [-0.39, 0.29) is 0 Å². The van der Waals surface area contributed by atoms with Gasteiger partial charge in [-0.1, -0.05) is 0 Å². The number of alkyl halides is 1. The topological polar surface area (TPSA) is 19.4 Å². The number of aryl methyl sites for hydroxylation is 1. The van der Waals surface area contributed by atoms with Crippen molar-refractivity contribution in [3.05, 3.63) is 23.5 Å². The first kappa shape index (κ1) is 13.6. The minimum atomic E-state index is 0.524. The van der Waals surface area contributed by atoms with E-state index >= 15 is 0 Å². The Morgan fingerprint density at radius 2 is 2.11 bits per heavy atom. The molecule has 0 saturated carbocycles. The summed E-state index contributed by atoms with van der Waals surface area (Å²) in [6, 6.07) is 2.13. The molecule has 18 heavy (non-hydrogen) atoms. The minimum absolute atomic E-state index is 0.524. The van der Waals surface area contributed by atoms with Gasteiger partial charge < -0.3 is 9.80 Å². The van der Waals surface area contributed by atoms with Crippen LogP contribution in [0.1, 0.15) is 24.1 Å². The molecular weight excluding hydrogens is 246 g/mol. The van der Waals surface area contributed by atoms with Crippen molar-refractivity contribution in [2.45, 2.75) is 25.6 Å². The Bertz CT molecular complexity index is 389. The van der Waals surface area contributed by atoms with Crippen LogP contribution in [0.4, 0.5) is 5.69 Å². The second kappa shape index (κ2) is 6.39. The van der Waals surface area contributed by atoms with Crippen molar-refractivity contribution in [1.29, 1.82) is 0 Å². The number of likely N-dealkylation sites (tertiary alicyclic amines) is 1. The third kappa shape index (κ3) is 3.36. The van der Waals surface area contributed by atoms with E-state index in [2.05, 4.69) is 27.9 Å². The van der Waals surface area contributed by atoms with Crippen LogP contribution in [0.5, 0.6) is 0 Å². The maximum atomic E-state index is 5.98. The molecule has 1 saturated heterocycles. The van der Waals surface area contributed by atoms with Crippen LogP contribution in [0.2, 0.25) is 0 Å². The third-order valence-corrected chi connectivity index (χ3v) is 3.89. The van der Waals surface area contributed by atoms with Crippen molar-refractivity contribution in [1.82, 2.24) is 9.88 Å². The van der Waals surface area contributed by atoms with Crippen LogP contribution < -0.4 is 4.90 Å². The first-order valence-electron chi connectivity index (χ1n) is 6.65. The smallest absolute Gasteiger partial charge is 0.0509 e. The zero-order chi connectivity index (χ0) is 13.0. The predicted molar refractivity (Wildman–Crippen MR) is 77.5 cm³/mol. The Morgan fingerprint density at radius 1 is 1.39 bits per heavy atom. The molecule has 0 radical (unpaired) electrons. The van der Waals surface area contributed by atoms with Crippen molar-refractivity contribution in [3.8, 4) is 0 Å². The standard InChI is InChI=1S/C14H22ClN3/c1-12-9-14(13(10-15)11-16-12)17(2)7-8-18-5-3-4-6-18/h9,11H,3-8,10H2,1-2H3. The molecule has 2 heterocycles. The molecule has 0 aromatic carbocycles. The first-order chi connectivity index (χ1) is 8.70. The van der Waals surface area contributed by atoms with Crippen LogP contribution in [0.3, 0.4) is 0 Å². The molecule has 100 valence electrons. The van der Waals surface area contributed by atoms with E-state index in [1.54, 1.807) is 0 Å². The minimum Gasteiger partial charge on any atom is -0.373 e.